The van der Waals surface area contributed by atoms with Crippen molar-refractivity contribution in [2.75, 3.05) is 0 Å². The van der Waals surface area contributed by atoms with Gasteiger partial charge in [-0.05, 0) is 31.5 Å². The molecule has 1 aliphatic rings. The first kappa shape index (κ1) is 19.0. The number of H-pyrrole nitrogens is 1. The number of rotatable bonds is 4. The summed E-state index contributed by atoms with van der Waals surface area (Å²) in [6, 6.07) is 6.71. The first-order valence-electron chi connectivity index (χ1n) is 8.59. The van der Waals surface area contributed by atoms with Crippen molar-refractivity contribution in [2.24, 2.45) is 0 Å². The molecule has 2 heterocycles. The predicted octanol–water partition coefficient (Wildman–Crippen LogP) is 3.73. The third-order valence-electron chi connectivity index (χ3n) is 4.47. The molecule has 3 rings (SSSR count). The van der Waals surface area contributed by atoms with Gasteiger partial charge in [0.1, 0.15) is 23.1 Å². The molecule has 0 saturated carbocycles. The van der Waals surface area contributed by atoms with E-state index in [9.17, 15) is 22.8 Å². The van der Waals surface area contributed by atoms with Gasteiger partial charge in [-0.25, -0.2) is 0 Å². The molecular formula is C19H19F3N2O3. The number of ether oxygens (including phenoxy) is 1. The second-order valence-corrected chi connectivity index (χ2v) is 6.55. The topological polar surface area (TPSA) is 71.2 Å². The number of carbonyl (C=O) groups is 1. The molecule has 5 nitrogen and oxygen atoms in total. The Hall–Kier alpha value is -2.77. The van der Waals surface area contributed by atoms with E-state index >= 15 is 0 Å². The Morgan fingerprint density at radius 1 is 1.26 bits per heavy atom. The number of alkyl halides is 3. The summed E-state index contributed by atoms with van der Waals surface area (Å²) in [5.74, 6) is -0.0836. The lowest BCUT2D eigenvalue weighted by Gasteiger charge is -2.20. The van der Waals surface area contributed by atoms with E-state index in [1.165, 1.54) is 0 Å². The van der Waals surface area contributed by atoms with E-state index in [1.807, 2.05) is 32.0 Å². The largest absolute Gasteiger partial charge is 0.488 e. The van der Waals surface area contributed by atoms with Gasteiger partial charge in [0.2, 0.25) is 0 Å². The van der Waals surface area contributed by atoms with Crippen molar-refractivity contribution in [3.63, 3.8) is 0 Å². The van der Waals surface area contributed by atoms with Gasteiger partial charge in [-0.3, -0.25) is 9.59 Å². The van der Waals surface area contributed by atoms with Crippen LogP contribution in [0.1, 0.15) is 53.0 Å². The van der Waals surface area contributed by atoms with E-state index in [1.54, 1.807) is 4.98 Å². The molecule has 1 aliphatic heterocycles. The summed E-state index contributed by atoms with van der Waals surface area (Å²) in [6.45, 7) is 3.89. The van der Waals surface area contributed by atoms with Crippen LogP contribution in [-0.2, 0) is 6.18 Å². The van der Waals surface area contributed by atoms with Crippen LogP contribution in [-0.4, -0.2) is 17.0 Å². The summed E-state index contributed by atoms with van der Waals surface area (Å²) < 4.78 is 43.9. The van der Waals surface area contributed by atoms with Gasteiger partial charge in [0.05, 0.1) is 6.04 Å². The molecule has 0 spiro atoms. The maximum absolute atomic E-state index is 12.7. The second kappa shape index (κ2) is 7.09. The molecule has 2 N–H and O–H groups in total. The average molecular weight is 380 g/mol. The number of halogens is 3. The highest BCUT2D eigenvalue weighted by Crippen LogP contribution is 2.39. The summed E-state index contributed by atoms with van der Waals surface area (Å²) in [6.07, 6.45) is -3.48. The molecule has 1 unspecified atom stereocenters. The van der Waals surface area contributed by atoms with Crippen molar-refractivity contribution < 1.29 is 22.7 Å². The molecule has 1 amide bonds. The summed E-state index contributed by atoms with van der Waals surface area (Å²) in [7, 11) is 0. The molecule has 2 aromatic rings. The Kier molecular flexibility index (Phi) is 4.99. The smallest absolute Gasteiger partial charge is 0.431 e. The highest BCUT2D eigenvalue weighted by Gasteiger charge is 2.36. The van der Waals surface area contributed by atoms with Gasteiger partial charge in [-0.15, -0.1) is 0 Å². The molecule has 27 heavy (non-hydrogen) atoms. The maximum atomic E-state index is 12.7. The Morgan fingerprint density at radius 2 is 2.00 bits per heavy atom. The van der Waals surface area contributed by atoms with E-state index < -0.39 is 29.4 Å². The molecule has 144 valence electrons. The molecular weight excluding hydrogens is 361 g/mol. The third-order valence-corrected chi connectivity index (χ3v) is 4.47. The van der Waals surface area contributed by atoms with Crippen LogP contribution in [0.25, 0.3) is 0 Å². The SMILES string of the molecule is CCC[C@H]1Oc2ccc(C)cc2C1NC(=O)c1ccc(C(F)(F)F)[nH]c1=O. The Labute approximate surface area is 153 Å². The van der Waals surface area contributed by atoms with Gasteiger partial charge < -0.3 is 15.0 Å². The molecule has 0 saturated heterocycles. The fourth-order valence-corrected chi connectivity index (χ4v) is 3.17. The number of amides is 1. The van der Waals surface area contributed by atoms with Gasteiger partial charge in [0.25, 0.3) is 11.5 Å². The highest BCUT2D eigenvalue weighted by atomic mass is 19.4. The van der Waals surface area contributed by atoms with Crippen molar-refractivity contribution in [1.82, 2.24) is 10.3 Å². The van der Waals surface area contributed by atoms with Crippen LogP contribution in [0.15, 0.2) is 35.1 Å². The fourth-order valence-electron chi connectivity index (χ4n) is 3.17. The van der Waals surface area contributed by atoms with Gasteiger partial charge in [-0.2, -0.15) is 13.2 Å². The van der Waals surface area contributed by atoms with Crippen molar-refractivity contribution in [3.8, 4) is 5.75 Å². The highest BCUT2D eigenvalue weighted by molar-refractivity contribution is 5.94. The van der Waals surface area contributed by atoms with Crippen molar-refractivity contribution in [1.29, 1.82) is 0 Å². The van der Waals surface area contributed by atoms with Gasteiger partial charge >= 0.3 is 6.18 Å². The first-order chi connectivity index (χ1) is 12.7. The van der Waals surface area contributed by atoms with Crippen molar-refractivity contribution >= 4 is 5.91 Å². The molecule has 2 atom stereocenters. The fraction of sp³-hybridized carbons (Fsp3) is 0.368. The molecule has 0 radical (unpaired) electrons. The number of nitrogens with one attached hydrogen (secondary N) is 2. The zero-order valence-corrected chi connectivity index (χ0v) is 14.8. The lowest BCUT2D eigenvalue weighted by molar-refractivity contribution is -0.141. The van der Waals surface area contributed by atoms with Gasteiger partial charge in [-0.1, -0.05) is 31.0 Å². The lowest BCUT2D eigenvalue weighted by Crippen LogP contribution is -2.38. The van der Waals surface area contributed by atoms with Crippen LogP contribution in [0.4, 0.5) is 13.2 Å². The summed E-state index contributed by atoms with van der Waals surface area (Å²) in [5, 5.41) is 2.75. The second-order valence-electron chi connectivity index (χ2n) is 6.55. The minimum Gasteiger partial charge on any atom is -0.488 e. The lowest BCUT2D eigenvalue weighted by atomic mass is 9.98. The van der Waals surface area contributed by atoms with E-state index in [0.717, 1.165) is 23.6 Å². The number of aryl methyl sites for hydroxylation is 1. The molecule has 8 heteroatoms. The summed E-state index contributed by atoms with van der Waals surface area (Å²) in [5.41, 5.74) is -0.874. The quantitative estimate of drug-likeness (QED) is 0.849. The number of aromatic nitrogens is 1. The minimum absolute atomic E-state index is 0.302. The van der Waals surface area contributed by atoms with E-state index in [0.29, 0.717) is 18.2 Å². The number of pyridine rings is 1. The van der Waals surface area contributed by atoms with Crippen LogP contribution in [0.5, 0.6) is 5.75 Å². The zero-order chi connectivity index (χ0) is 19.8. The predicted molar refractivity (Wildman–Crippen MR) is 92.8 cm³/mol. The van der Waals surface area contributed by atoms with Crippen molar-refractivity contribution in [2.45, 2.75) is 45.0 Å². The van der Waals surface area contributed by atoms with Crippen LogP contribution >= 0.6 is 0 Å². The van der Waals surface area contributed by atoms with Gasteiger partial charge in [0, 0.05) is 5.56 Å². The number of hydrogen-bond acceptors (Lipinski definition) is 3. The van der Waals surface area contributed by atoms with E-state index in [2.05, 4.69) is 5.32 Å². The Bertz CT molecular complexity index is 921. The first-order valence-corrected chi connectivity index (χ1v) is 8.59. The van der Waals surface area contributed by atoms with E-state index in [4.69, 9.17) is 4.74 Å². The standard InChI is InChI=1S/C19H19F3N2O3/c1-3-4-14-16(12-9-10(2)5-7-13(12)27-14)24-18(26)11-6-8-15(19(20,21)22)23-17(11)25/h5-9,14,16H,3-4H2,1-2H3,(H,23,25)(H,24,26)/t14-,16?/m1/s1. The maximum Gasteiger partial charge on any atom is 0.431 e. The van der Waals surface area contributed by atoms with Crippen LogP contribution in [0.3, 0.4) is 0 Å². The summed E-state index contributed by atoms with van der Waals surface area (Å²) >= 11 is 0. The monoisotopic (exact) mass is 380 g/mol. The Morgan fingerprint density at radius 3 is 2.63 bits per heavy atom. The number of carbonyl (C=O) groups excluding carboxylic acids is 1. The van der Waals surface area contributed by atoms with Crippen LogP contribution < -0.4 is 15.6 Å². The van der Waals surface area contributed by atoms with Gasteiger partial charge in [0.15, 0.2) is 0 Å². The number of aromatic amines is 1. The average Bonchev–Trinajstić information content (AvgIpc) is 2.91. The van der Waals surface area contributed by atoms with Crippen molar-refractivity contribution in [3.05, 3.63) is 63.1 Å². The number of fused-ring (bicyclic) bond motifs is 1. The zero-order valence-electron chi connectivity index (χ0n) is 14.8. The minimum atomic E-state index is -4.68. The normalized spacial score (nSPS) is 18.7. The van der Waals surface area contributed by atoms with Crippen LogP contribution in [0.2, 0.25) is 0 Å². The molecule has 1 aromatic carbocycles. The number of benzene rings is 1. The molecule has 0 aliphatic carbocycles. The van der Waals surface area contributed by atoms with E-state index in [-0.39, 0.29) is 11.7 Å². The third kappa shape index (κ3) is 3.84. The Balaban J connectivity index is 1.88. The number of hydrogen-bond donors (Lipinski definition) is 2. The molecule has 0 bridgehead atoms. The summed E-state index contributed by atoms with van der Waals surface area (Å²) in [4.78, 5) is 26.2. The molecule has 0 fully saturated rings. The van der Waals surface area contributed by atoms with Crippen LogP contribution in [0, 0.1) is 6.92 Å². The molecule has 1 aromatic heterocycles.